The summed E-state index contributed by atoms with van der Waals surface area (Å²) in [5.74, 6) is 2.23. The first-order chi connectivity index (χ1) is 14.1. The number of rotatable bonds is 10. The number of carbonyl (C=O) groups excluding carboxylic acids is 1. The van der Waals surface area contributed by atoms with Gasteiger partial charge in [-0.3, -0.25) is 0 Å². The Labute approximate surface area is 172 Å². The van der Waals surface area contributed by atoms with Crippen LogP contribution in [0.15, 0.2) is 42.0 Å². The van der Waals surface area contributed by atoms with Gasteiger partial charge in [-0.25, -0.2) is 4.79 Å². The number of carbonyl (C=O) groups is 1. The third-order valence-corrected chi connectivity index (χ3v) is 4.42. The maximum atomic E-state index is 12.5. The van der Waals surface area contributed by atoms with Gasteiger partial charge in [-0.15, -0.1) is 0 Å². The van der Waals surface area contributed by atoms with E-state index in [2.05, 4.69) is 0 Å². The van der Waals surface area contributed by atoms with Crippen molar-refractivity contribution in [3.05, 3.63) is 53.1 Å². The number of aryl methyl sites for hydroxylation is 1. The molecule has 0 amide bonds. The van der Waals surface area contributed by atoms with Crippen LogP contribution >= 0.6 is 0 Å². The summed E-state index contributed by atoms with van der Waals surface area (Å²) in [5, 5.41) is 0. The van der Waals surface area contributed by atoms with E-state index < -0.39 is 0 Å². The molecule has 0 atom stereocenters. The Morgan fingerprint density at radius 1 is 0.828 bits per heavy atom. The molecule has 0 saturated carbocycles. The first kappa shape index (κ1) is 22.1. The van der Waals surface area contributed by atoms with Gasteiger partial charge >= 0.3 is 5.97 Å². The number of benzene rings is 2. The lowest BCUT2D eigenvalue weighted by molar-refractivity contribution is -0.138. The van der Waals surface area contributed by atoms with Gasteiger partial charge in [-0.2, -0.15) is 0 Å². The summed E-state index contributed by atoms with van der Waals surface area (Å²) in [7, 11) is 6.36. The Morgan fingerprint density at radius 2 is 1.41 bits per heavy atom. The fraction of sp³-hybridized carbons (Fsp3) is 0.348. The van der Waals surface area contributed by atoms with Gasteiger partial charge in [-0.05, 0) is 61.2 Å². The lowest BCUT2D eigenvalue weighted by atomic mass is 10.0. The van der Waals surface area contributed by atoms with Gasteiger partial charge in [0.15, 0.2) is 23.0 Å². The molecule has 0 spiro atoms. The minimum atomic E-state index is -0.331. The smallest absolute Gasteiger partial charge is 0.334 e. The van der Waals surface area contributed by atoms with E-state index in [1.807, 2.05) is 42.5 Å². The van der Waals surface area contributed by atoms with E-state index in [9.17, 15) is 4.79 Å². The highest BCUT2D eigenvalue weighted by molar-refractivity contribution is 5.93. The maximum absolute atomic E-state index is 12.5. The zero-order valence-corrected chi connectivity index (χ0v) is 17.6. The molecule has 0 radical (unpaired) electrons. The van der Waals surface area contributed by atoms with Crippen molar-refractivity contribution in [2.75, 3.05) is 35.0 Å². The number of ether oxygens (including phenoxy) is 5. The van der Waals surface area contributed by atoms with Crippen molar-refractivity contribution in [2.45, 2.75) is 19.8 Å². The Balaban J connectivity index is 2.27. The first-order valence-electron chi connectivity index (χ1n) is 9.36. The summed E-state index contributed by atoms with van der Waals surface area (Å²) in [6.07, 6.45) is 2.99. The van der Waals surface area contributed by atoms with Crippen molar-refractivity contribution in [3.8, 4) is 23.0 Å². The van der Waals surface area contributed by atoms with Crippen molar-refractivity contribution in [3.63, 3.8) is 0 Å². The Bertz CT molecular complexity index is 856. The van der Waals surface area contributed by atoms with Crippen molar-refractivity contribution >= 4 is 12.0 Å². The van der Waals surface area contributed by atoms with Crippen LogP contribution in [0, 0.1) is 0 Å². The van der Waals surface area contributed by atoms with E-state index in [1.54, 1.807) is 35.4 Å². The van der Waals surface area contributed by atoms with Gasteiger partial charge < -0.3 is 23.7 Å². The molecular weight excluding hydrogens is 372 g/mol. The van der Waals surface area contributed by atoms with Gasteiger partial charge in [0.1, 0.15) is 0 Å². The summed E-state index contributed by atoms with van der Waals surface area (Å²) in [5.41, 5.74) is 2.44. The highest BCUT2D eigenvalue weighted by atomic mass is 16.5. The zero-order valence-electron chi connectivity index (χ0n) is 17.6. The number of hydrogen-bond donors (Lipinski definition) is 0. The van der Waals surface area contributed by atoms with Crippen molar-refractivity contribution < 1.29 is 28.5 Å². The number of methoxy groups -OCH3 is 4. The third-order valence-electron chi connectivity index (χ3n) is 4.42. The molecule has 6 nitrogen and oxygen atoms in total. The van der Waals surface area contributed by atoms with E-state index in [1.165, 1.54) is 0 Å². The molecule has 0 N–H and O–H groups in total. The van der Waals surface area contributed by atoms with E-state index in [0.29, 0.717) is 48.0 Å². The SMILES string of the molecule is CCOC(=O)C(=Cc1ccc(OC)c(OC)c1)CCc1ccc(OC)c(OC)c1. The predicted molar refractivity (Wildman–Crippen MR) is 112 cm³/mol. The lowest BCUT2D eigenvalue weighted by Crippen LogP contribution is -2.08. The molecule has 0 heterocycles. The quantitative estimate of drug-likeness (QED) is 0.438. The fourth-order valence-electron chi connectivity index (χ4n) is 2.92. The lowest BCUT2D eigenvalue weighted by Gasteiger charge is -2.12. The summed E-state index contributed by atoms with van der Waals surface area (Å²) in [4.78, 5) is 12.5. The Hall–Kier alpha value is -3.15. The largest absolute Gasteiger partial charge is 0.493 e. The molecule has 0 saturated heterocycles. The van der Waals surface area contributed by atoms with Crippen LogP contribution in [0.25, 0.3) is 6.08 Å². The molecule has 0 aliphatic carbocycles. The molecule has 0 fully saturated rings. The standard InChI is InChI=1S/C23H28O6/c1-6-29-23(24)18(13-17-9-12-20(26-3)22(15-17)28-5)10-7-16-8-11-19(25-2)21(14-16)27-4/h8-9,11-15H,6-7,10H2,1-5H3. The molecule has 0 aliphatic rings. The van der Waals surface area contributed by atoms with Gasteiger partial charge in [0.2, 0.25) is 0 Å². The molecule has 6 heteroatoms. The van der Waals surface area contributed by atoms with Crippen LogP contribution in [0.4, 0.5) is 0 Å². The van der Waals surface area contributed by atoms with Crippen molar-refractivity contribution in [2.24, 2.45) is 0 Å². The van der Waals surface area contributed by atoms with Gasteiger partial charge in [0.05, 0.1) is 35.0 Å². The van der Waals surface area contributed by atoms with E-state index >= 15 is 0 Å². The second-order valence-corrected chi connectivity index (χ2v) is 6.19. The average molecular weight is 400 g/mol. The topological polar surface area (TPSA) is 63.2 Å². The molecule has 0 aliphatic heterocycles. The van der Waals surface area contributed by atoms with Gasteiger partial charge in [0.25, 0.3) is 0 Å². The highest BCUT2D eigenvalue weighted by Gasteiger charge is 2.13. The van der Waals surface area contributed by atoms with Crippen LogP contribution in [0.1, 0.15) is 24.5 Å². The van der Waals surface area contributed by atoms with Crippen LogP contribution in [-0.4, -0.2) is 41.0 Å². The summed E-state index contributed by atoms with van der Waals surface area (Å²) < 4.78 is 26.5. The predicted octanol–water partition coefficient (Wildman–Crippen LogP) is 4.30. The Morgan fingerprint density at radius 3 is 2.00 bits per heavy atom. The monoisotopic (exact) mass is 400 g/mol. The van der Waals surface area contributed by atoms with Gasteiger partial charge in [-0.1, -0.05) is 12.1 Å². The molecule has 0 aromatic heterocycles. The fourth-order valence-corrected chi connectivity index (χ4v) is 2.92. The van der Waals surface area contributed by atoms with E-state index in [-0.39, 0.29) is 5.97 Å². The second-order valence-electron chi connectivity index (χ2n) is 6.19. The molecule has 2 rings (SSSR count). The molecule has 0 unspecified atom stereocenters. The van der Waals surface area contributed by atoms with Gasteiger partial charge in [0, 0.05) is 5.57 Å². The molecule has 156 valence electrons. The second kappa shape index (κ2) is 11.0. The van der Waals surface area contributed by atoms with Crippen LogP contribution < -0.4 is 18.9 Å². The summed E-state index contributed by atoms with van der Waals surface area (Å²) in [6, 6.07) is 11.2. The van der Waals surface area contributed by atoms with Crippen molar-refractivity contribution in [1.82, 2.24) is 0 Å². The third kappa shape index (κ3) is 5.91. The molecule has 2 aromatic carbocycles. The Kier molecular flexibility index (Phi) is 8.40. The van der Waals surface area contributed by atoms with E-state index in [4.69, 9.17) is 23.7 Å². The maximum Gasteiger partial charge on any atom is 0.334 e. The van der Waals surface area contributed by atoms with Crippen LogP contribution in [0.5, 0.6) is 23.0 Å². The van der Waals surface area contributed by atoms with E-state index in [0.717, 1.165) is 11.1 Å². The average Bonchev–Trinajstić information content (AvgIpc) is 2.76. The summed E-state index contributed by atoms with van der Waals surface area (Å²) in [6.45, 7) is 2.11. The molecule has 0 bridgehead atoms. The van der Waals surface area contributed by atoms with Crippen molar-refractivity contribution in [1.29, 1.82) is 0 Å². The number of esters is 1. The van der Waals surface area contributed by atoms with Crippen LogP contribution in [-0.2, 0) is 16.0 Å². The minimum absolute atomic E-state index is 0.318. The first-order valence-corrected chi connectivity index (χ1v) is 9.36. The normalized spacial score (nSPS) is 11.0. The molecular formula is C23H28O6. The zero-order chi connectivity index (χ0) is 21.2. The van der Waals surface area contributed by atoms with Crippen LogP contribution in [0.3, 0.4) is 0 Å². The molecule has 29 heavy (non-hydrogen) atoms. The molecule has 2 aromatic rings. The minimum Gasteiger partial charge on any atom is -0.493 e. The number of hydrogen-bond acceptors (Lipinski definition) is 6. The van der Waals surface area contributed by atoms with Crippen LogP contribution in [0.2, 0.25) is 0 Å². The summed E-state index contributed by atoms with van der Waals surface area (Å²) >= 11 is 0. The highest BCUT2D eigenvalue weighted by Crippen LogP contribution is 2.30.